The molecule has 4 nitrogen and oxygen atoms in total. The highest BCUT2D eigenvalue weighted by Crippen LogP contribution is 2.24. The average Bonchev–Trinajstić information content (AvgIpc) is 2.35. The Bertz CT molecular complexity index is 440. The van der Waals surface area contributed by atoms with E-state index in [4.69, 9.17) is 26.2 Å². The summed E-state index contributed by atoms with van der Waals surface area (Å²) in [6.07, 6.45) is 0. The zero-order valence-electron chi connectivity index (χ0n) is 9.57. The van der Waals surface area contributed by atoms with Crippen LogP contribution in [0.2, 0.25) is 0 Å². The lowest BCUT2D eigenvalue weighted by atomic mass is 10.2. The van der Waals surface area contributed by atoms with E-state index in [1.165, 1.54) is 18.7 Å². The number of ether oxygens (including phenoxy) is 2. The van der Waals surface area contributed by atoms with E-state index in [2.05, 4.69) is 0 Å². The summed E-state index contributed by atoms with van der Waals surface area (Å²) in [6.45, 7) is 2.03. The maximum Gasteiger partial charge on any atom is 0.339 e. The lowest BCUT2D eigenvalue weighted by Gasteiger charge is -2.10. The molecule has 1 aromatic carbocycles. The van der Waals surface area contributed by atoms with Gasteiger partial charge < -0.3 is 14.6 Å². The normalized spacial score (nSPS) is 11.1. The second kappa shape index (κ2) is 6.15. The maximum absolute atomic E-state index is 11.0. The van der Waals surface area contributed by atoms with E-state index in [-0.39, 0.29) is 17.9 Å². The highest BCUT2D eigenvalue weighted by Gasteiger charge is 2.12. The van der Waals surface area contributed by atoms with Crippen molar-refractivity contribution < 1.29 is 19.4 Å². The third kappa shape index (κ3) is 3.67. The number of carbonyl (C=O) groups is 1. The van der Waals surface area contributed by atoms with E-state index >= 15 is 0 Å². The first kappa shape index (κ1) is 13.4. The van der Waals surface area contributed by atoms with Crippen molar-refractivity contribution >= 4 is 17.6 Å². The monoisotopic (exact) mass is 256 g/mol. The first-order valence-corrected chi connectivity index (χ1v) is 5.32. The lowest BCUT2D eigenvalue weighted by Crippen LogP contribution is -2.05. The van der Waals surface area contributed by atoms with Crippen LogP contribution < -0.4 is 9.47 Å². The molecule has 92 valence electrons. The van der Waals surface area contributed by atoms with Crippen LogP contribution in [0.5, 0.6) is 11.5 Å². The highest BCUT2D eigenvalue weighted by molar-refractivity contribution is 6.25. The van der Waals surface area contributed by atoms with Crippen LogP contribution in [0.3, 0.4) is 0 Å². The van der Waals surface area contributed by atoms with Gasteiger partial charge in [0.15, 0.2) is 0 Å². The zero-order chi connectivity index (χ0) is 12.8. The molecule has 0 aliphatic carbocycles. The summed E-state index contributed by atoms with van der Waals surface area (Å²) >= 11 is 5.49. The van der Waals surface area contributed by atoms with Crippen LogP contribution >= 0.6 is 11.6 Å². The van der Waals surface area contributed by atoms with Gasteiger partial charge in [-0.1, -0.05) is 11.6 Å². The fourth-order valence-electron chi connectivity index (χ4n) is 1.15. The third-order valence-corrected chi connectivity index (χ3v) is 2.43. The largest absolute Gasteiger partial charge is 0.497 e. The Balaban J connectivity index is 2.94. The molecule has 5 heteroatoms. The van der Waals surface area contributed by atoms with Gasteiger partial charge in [0.1, 0.15) is 23.7 Å². The molecule has 0 atom stereocenters. The summed E-state index contributed by atoms with van der Waals surface area (Å²) in [5, 5.41) is 9.03. The fourth-order valence-corrected chi connectivity index (χ4v) is 1.22. The molecule has 1 aromatic rings. The van der Waals surface area contributed by atoms with Gasteiger partial charge >= 0.3 is 5.97 Å². The smallest absolute Gasteiger partial charge is 0.339 e. The lowest BCUT2D eigenvalue weighted by molar-refractivity contribution is 0.0692. The van der Waals surface area contributed by atoms with Crippen molar-refractivity contribution in [2.24, 2.45) is 0 Å². The molecule has 0 aliphatic rings. The van der Waals surface area contributed by atoms with Crippen molar-refractivity contribution in [3.63, 3.8) is 0 Å². The Kier molecular flexibility index (Phi) is 4.84. The summed E-state index contributed by atoms with van der Waals surface area (Å²) in [4.78, 5) is 11.0. The molecular weight excluding hydrogens is 244 g/mol. The molecular formula is C12H13ClO4. The van der Waals surface area contributed by atoms with Crippen LogP contribution in [-0.2, 0) is 0 Å². The summed E-state index contributed by atoms with van der Waals surface area (Å²) in [7, 11) is 1.47. The Hall–Kier alpha value is -1.68. The van der Waals surface area contributed by atoms with Crippen LogP contribution in [-0.4, -0.2) is 24.8 Å². The third-order valence-electron chi connectivity index (χ3n) is 2.06. The summed E-state index contributed by atoms with van der Waals surface area (Å²) in [6, 6.07) is 4.61. The van der Waals surface area contributed by atoms with Gasteiger partial charge in [-0.2, -0.15) is 0 Å². The summed E-state index contributed by atoms with van der Waals surface area (Å²) < 4.78 is 10.3. The van der Waals surface area contributed by atoms with Crippen molar-refractivity contribution in [3.05, 3.63) is 34.9 Å². The van der Waals surface area contributed by atoms with Crippen molar-refractivity contribution in [1.82, 2.24) is 0 Å². The van der Waals surface area contributed by atoms with Gasteiger partial charge in [0.25, 0.3) is 0 Å². The number of hydrogen-bond donors (Lipinski definition) is 1. The van der Waals surface area contributed by atoms with E-state index in [1.54, 1.807) is 19.1 Å². The van der Waals surface area contributed by atoms with E-state index in [0.29, 0.717) is 5.75 Å². The number of methoxy groups -OCH3 is 1. The van der Waals surface area contributed by atoms with E-state index in [9.17, 15) is 4.79 Å². The molecule has 0 amide bonds. The van der Waals surface area contributed by atoms with Gasteiger partial charge in [-0.15, -0.1) is 0 Å². The van der Waals surface area contributed by atoms with E-state index < -0.39 is 5.97 Å². The van der Waals surface area contributed by atoms with Crippen LogP contribution in [0.4, 0.5) is 0 Å². The number of rotatable bonds is 5. The Morgan fingerprint density at radius 2 is 2.24 bits per heavy atom. The van der Waals surface area contributed by atoms with Crippen molar-refractivity contribution in [2.45, 2.75) is 6.92 Å². The summed E-state index contributed by atoms with van der Waals surface area (Å²) in [5.74, 6) is -0.304. The van der Waals surface area contributed by atoms with Gasteiger partial charge in [-0.3, -0.25) is 0 Å². The molecule has 0 fully saturated rings. The Labute approximate surface area is 104 Å². The van der Waals surface area contributed by atoms with Crippen molar-refractivity contribution in [2.75, 3.05) is 13.7 Å². The number of carboxylic acid groups (broad SMARTS) is 1. The SMILES string of the molecule is COc1ccc(OC/C(C)=C/Cl)c(C(=O)O)c1. The van der Waals surface area contributed by atoms with Crippen LogP contribution in [0.25, 0.3) is 0 Å². The van der Waals surface area contributed by atoms with Gasteiger partial charge in [0, 0.05) is 5.54 Å². The standard InChI is InChI=1S/C12H13ClO4/c1-8(6-13)7-17-11-4-3-9(16-2)5-10(11)12(14)15/h3-6H,7H2,1-2H3,(H,14,15)/b8-6+. The van der Waals surface area contributed by atoms with Gasteiger partial charge in [-0.25, -0.2) is 4.79 Å². The highest BCUT2D eigenvalue weighted by atomic mass is 35.5. The Morgan fingerprint density at radius 3 is 2.76 bits per heavy atom. The topological polar surface area (TPSA) is 55.8 Å². The molecule has 0 aromatic heterocycles. The number of carboxylic acids is 1. The minimum atomic E-state index is -1.06. The Morgan fingerprint density at radius 1 is 1.53 bits per heavy atom. The van der Waals surface area contributed by atoms with Crippen LogP contribution in [0.1, 0.15) is 17.3 Å². The molecule has 0 unspecified atom stereocenters. The molecule has 1 N–H and O–H groups in total. The van der Waals surface area contributed by atoms with Crippen molar-refractivity contribution in [3.8, 4) is 11.5 Å². The minimum Gasteiger partial charge on any atom is -0.497 e. The molecule has 0 heterocycles. The second-order valence-corrected chi connectivity index (χ2v) is 3.63. The molecule has 0 spiro atoms. The first-order chi connectivity index (χ1) is 8.08. The number of halogens is 1. The first-order valence-electron chi connectivity index (χ1n) is 4.88. The molecule has 0 aliphatic heterocycles. The quantitative estimate of drug-likeness (QED) is 0.880. The predicted octanol–water partition coefficient (Wildman–Crippen LogP) is 2.91. The molecule has 0 saturated carbocycles. The van der Waals surface area contributed by atoms with Crippen molar-refractivity contribution in [1.29, 1.82) is 0 Å². The zero-order valence-corrected chi connectivity index (χ0v) is 10.3. The van der Waals surface area contributed by atoms with E-state index in [1.807, 2.05) is 0 Å². The molecule has 1 rings (SSSR count). The fraction of sp³-hybridized carbons (Fsp3) is 0.250. The number of hydrogen-bond acceptors (Lipinski definition) is 3. The molecule has 17 heavy (non-hydrogen) atoms. The second-order valence-electron chi connectivity index (χ2n) is 3.41. The molecule has 0 radical (unpaired) electrons. The van der Waals surface area contributed by atoms with Gasteiger partial charge in [0.05, 0.1) is 7.11 Å². The number of benzene rings is 1. The minimum absolute atomic E-state index is 0.0618. The predicted molar refractivity (Wildman–Crippen MR) is 65.1 cm³/mol. The molecule has 0 bridgehead atoms. The van der Waals surface area contributed by atoms with E-state index in [0.717, 1.165) is 5.57 Å². The maximum atomic E-state index is 11.0. The van der Waals surface area contributed by atoms with Crippen LogP contribution in [0.15, 0.2) is 29.3 Å². The van der Waals surface area contributed by atoms with Crippen LogP contribution in [0, 0.1) is 0 Å². The van der Waals surface area contributed by atoms with Gasteiger partial charge in [-0.05, 0) is 30.7 Å². The average molecular weight is 257 g/mol. The van der Waals surface area contributed by atoms with Gasteiger partial charge in [0.2, 0.25) is 0 Å². The number of aromatic carboxylic acids is 1. The summed E-state index contributed by atoms with van der Waals surface area (Å²) in [5.41, 5.74) is 2.26. The molecule has 0 saturated heterocycles.